The summed E-state index contributed by atoms with van der Waals surface area (Å²) in [6.07, 6.45) is 1.55. The van der Waals surface area contributed by atoms with Crippen molar-refractivity contribution >= 4 is 27.4 Å². The van der Waals surface area contributed by atoms with Crippen molar-refractivity contribution in [3.63, 3.8) is 0 Å². The van der Waals surface area contributed by atoms with Crippen molar-refractivity contribution in [1.82, 2.24) is 19.6 Å². The molecule has 0 atom stereocenters. The maximum absolute atomic E-state index is 13.9. The van der Waals surface area contributed by atoms with Gasteiger partial charge in [-0.05, 0) is 26.0 Å². The second-order valence-corrected chi connectivity index (χ2v) is 7.85. The van der Waals surface area contributed by atoms with Crippen molar-refractivity contribution in [2.45, 2.75) is 25.3 Å². The van der Waals surface area contributed by atoms with Crippen molar-refractivity contribution in [2.24, 2.45) is 7.05 Å². The molecule has 3 rings (SSSR count). The average Bonchev–Trinajstić information content (AvgIpc) is 3.07. The Morgan fingerprint density at radius 3 is 2.58 bits per heavy atom. The molecule has 0 saturated carbocycles. The normalized spacial score (nSPS) is 11.7. The van der Waals surface area contributed by atoms with Gasteiger partial charge in [-0.3, -0.25) is 14.1 Å². The van der Waals surface area contributed by atoms with Crippen LogP contribution in [0.1, 0.15) is 17.0 Å². The quantitative estimate of drug-likeness (QED) is 0.717. The summed E-state index contributed by atoms with van der Waals surface area (Å²) in [4.78, 5) is 0.117. The monoisotopic (exact) mass is 397 g/mol. The van der Waals surface area contributed by atoms with Gasteiger partial charge in [-0.25, -0.2) is 12.8 Å². The maximum Gasteiger partial charge on any atom is 0.266 e. The Labute approximate surface area is 155 Å². The number of hydrogen-bond donors (Lipinski definition) is 1. The summed E-state index contributed by atoms with van der Waals surface area (Å²) >= 11 is 6.01. The van der Waals surface area contributed by atoms with Gasteiger partial charge < -0.3 is 0 Å². The topological polar surface area (TPSA) is 81.8 Å². The first kappa shape index (κ1) is 18.4. The van der Waals surface area contributed by atoms with Gasteiger partial charge in [-0.2, -0.15) is 10.2 Å². The Hall–Kier alpha value is -2.39. The zero-order chi connectivity index (χ0) is 19.1. The van der Waals surface area contributed by atoms with Crippen LogP contribution in [0.15, 0.2) is 35.4 Å². The van der Waals surface area contributed by atoms with E-state index in [9.17, 15) is 12.8 Å². The predicted molar refractivity (Wildman–Crippen MR) is 96.2 cm³/mol. The van der Waals surface area contributed by atoms with Crippen LogP contribution >= 0.6 is 11.6 Å². The zero-order valence-electron chi connectivity index (χ0n) is 14.4. The van der Waals surface area contributed by atoms with Gasteiger partial charge >= 0.3 is 0 Å². The molecular formula is C16H17ClFN5O2S. The molecule has 2 aromatic heterocycles. The van der Waals surface area contributed by atoms with E-state index in [1.165, 1.54) is 27.6 Å². The van der Waals surface area contributed by atoms with Gasteiger partial charge in [0.2, 0.25) is 0 Å². The second-order valence-electron chi connectivity index (χ2n) is 5.83. The summed E-state index contributed by atoms with van der Waals surface area (Å²) in [5, 5.41) is 8.53. The van der Waals surface area contributed by atoms with Crippen LogP contribution in [0.25, 0.3) is 0 Å². The van der Waals surface area contributed by atoms with E-state index in [-0.39, 0.29) is 27.8 Å². The lowest BCUT2D eigenvalue weighted by Gasteiger charge is -2.07. The van der Waals surface area contributed by atoms with Crippen LogP contribution in [0.5, 0.6) is 0 Å². The van der Waals surface area contributed by atoms with E-state index in [4.69, 9.17) is 11.6 Å². The van der Waals surface area contributed by atoms with Crippen LogP contribution in [-0.4, -0.2) is 28.0 Å². The van der Waals surface area contributed by atoms with Gasteiger partial charge in [0, 0.05) is 29.9 Å². The van der Waals surface area contributed by atoms with Crippen molar-refractivity contribution in [3.8, 4) is 0 Å². The summed E-state index contributed by atoms with van der Waals surface area (Å²) < 4.78 is 44.5. The highest BCUT2D eigenvalue weighted by Gasteiger charge is 2.24. The number of anilines is 1. The minimum Gasteiger partial charge on any atom is -0.271 e. The van der Waals surface area contributed by atoms with Gasteiger partial charge in [0.25, 0.3) is 10.0 Å². The fraction of sp³-hybridized carbons (Fsp3) is 0.250. The van der Waals surface area contributed by atoms with E-state index < -0.39 is 15.8 Å². The molecule has 10 heteroatoms. The van der Waals surface area contributed by atoms with Crippen LogP contribution in [0.2, 0.25) is 5.02 Å². The van der Waals surface area contributed by atoms with Crippen LogP contribution in [0.4, 0.5) is 10.2 Å². The van der Waals surface area contributed by atoms with Crippen molar-refractivity contribution in [1.29, 1.82) is 0 Å². The van der Waals surface area contributed by atoms with E-state index in [0.29, 0.717) is 11.4 Å². The number of benzene rings is 1. The van der Waals surface area contributed by atoms with Crippen LogP contribution in [0, 0.1) is 19.7 Å². The summed E-state index contributed by atoms with van der Waals surface area (Å²) in [6.45, 7) is 3.38. The van der Waals surface area contributed by atoms with E-state index >= 15 is 0 Å². The third-order valence-electron chi connectivity index (χ3n) is 3.97. The average molecular weight is 398 g/mol. The SMILES string of the molecule is Cc1nn(C)c(C)c1S(=O)(=O)Nc1ccn(Cc2c(F)cccc2Cl)n1. The molecule has 0 fully saturated rings. The molecule has 2 heterocycles. The summed E-state index contributed by atoms with van der Waals surface area (Å²) in [5.41, 5.74) is 1.20. The van der Waals surface area contributed by atoms with Gasteiger partial charge in [-0.1, -0.05) is 17.7 Å². The number of nitrogens with zero attached hydrogens (tertiary/aromatic N) is 4. The van der Waals surface area contributed by atoms with Crippen molar-refractivity contribution in [2.75, 3.05) is 4.72 Å². The molecule has 0 radical (unpaired) electrons. The largest absolute Gasteiger partial charge is 0.271 e. The molecule has 0 unspecified atom stereocenters. The van der Waals surface area contributed by atoms with Crippen LogP contribution in [0.3, 0.4) is 0 Å². The lowest BCUT2D eigenvalue weighted by Crippen LogP contribution is -2.15. The summed E-state index contributed by atoms with van der Waals surface area (Å²) in [6, 6.07) is 5.90. The van der Waals surface area contributed by atoms with E-state index in [2.05, 4.69) is 14.9 Å². The molecule has 0 spiro atoms. The highest BCUT2D eigenvalue weighted by atomic mass is 35.5. The molecule has 7 nitrogen and oxygen atoms in total. The number of sulfonamides is 1. The maximum atomic E-state index is 13.9. The Kier molecular flexibility index (Phi) is 4.76. The molecule has 0 saturated heterocycles. The minimum atomic E-state index is -3.84. The highest BCUT2D eigenvalue weighted by Crippen LogP contribution is 2.23. The predicted octanol–water partition coefficient (Wildman–Crippen LogP) is 2.88. The Morgan fingerprint density at radius 1 is 1.23 bits per heavy atom. The highest BCUT2D eigenvalue weighted by molar-refractivity contribution is 7.92. The van der Waals surface area contributed by atoms with Crippen LogP contribution < -0.4 is 4.72 Å². The number of aromatic nitrogens is 4. The molecule has 1 aromatic carbocycles. The lowest BCUT2D eigenvalue weighted by molar-refractivity contribution is 0.585. The van der Waals surface area contributed by atoms with Gasteiger partial charge in [-0.15, -0.1) is 0 Å². The lowest BCUT2D eigenvalue weighted by atomic mass is 10.2. The standard InChI is InChI=1S/C16H17ClFN5O2S/c1-10-16(11(2)22(3)19-10)26(24,25)21-15-7-8-23(20-15)9-12-13(17)5-4-6-14(12)18/h4-8H,9H2,1-3H3,(H,20,21). The number of aryl methyl sites for hydroxylation is 2. The van der Waals surface area contributed by atoms with E-state index in [0.717, 1.165) is 0 Å². The van der Waals surface area contributed by atoms with Gasteiger partial charge in [0.05, 0.1) is 17.9 Å². The Balaban J connectivity index is 1.84. The van der Waals surface area contributed by atoms with Crippen molar-refractivity contribution < 1.29 is 12.8 Å². The van der Waals surface area contributed by atoms with Gasteiger partial charge in [0.1, 0.15) is 10.7 Å². The third-order valence-corrected chi connectivity index (χ3v) is 5.93. The number of rotatable bonds is 5. The molecule has 0 bridgehead atoms. The van der Waals surface area contributed by atoms with E-state index in [1.807, 2.05) is 0 Å². The fourth-order valence-electron chi connectivity index (χ4n) is 2.68. The smallest absolute Gasteiger partial charge is 0.266 e. The third kappa shape index (κ3) is 3.45. The minimum absolute atomic E-state index is 0.0815. The molecule has 1 N–H and O–H groups in total. The first-order valence-corrected chi connectivity index (χ1v) is 9.54. The van der Waals surface area contributed by atoms with Crippen molar-refractivity contribution in [3.05, 3.63) is 58.3 Å². The molecule has 3 aromatic rings. The number of nitrogens with one attached hydrogen (secondary N) is 1. The number of halogens is 2. The number of hydrogen-bond acceptors (Lipinski definition) is 4. The molecular weight excluding hydrogens is 381 g/mol. The first-order valence-electron chi connectivity index (χ1n) is 7.68. The molecule has 138 valence electrons. The fourth-order valence-corrected chi connectivity index (χ4v) is 4.34. The Bertz CT molecular complexity index is 1050. The van der Waals surface area contributed by atoms with Gasteiger partial charge in [0.15, 0.2) is 5.82 Å². The Morgan fingerprint density at radius 2 is 1.96 bits per heavy atom. The molecule has 0 amide bonds. The second kappa shape index (κ2) is 6.73. The molecule has 26 heavy (non-hydrogen) atoms. The molecule has 0 aliphatic rings. The summed E-state index contributed by atoms with van der Waals surface area (Å²) in [7, 11) is -2.16. The summed E-state index contributed by atoms with van der Waals surface area (Å²) in [5.74, 6) is -0.322. The molecule has 0 aliphatic carbocycles. The molecule has 0 aliphatic heterocycles. The van der Waals surface area contributed by atoms with E-state index in [1.54, 1.807) is 33.2 Å². The first-order chi connectivity index (χ1) is 12.2. The van der Waals surface area contributed by atoms with Crippen LogP contribution in [-0.2, 0) is 23.6 Å². The zero-order valence-corrected chi connectivity index (χ0v) is 15.9.